The molecule has 1 aromatic heterocycles. The number of hydrogen-bond donors (Lipinski definition) is 2. The van der Waals surface area contributed by atoms with Crippen LogP contribution in [-0.4, -0.2) is 24.5 Å². The average molecular weight is 292 g/mol. The van der Waals surface area contributed by atoms with Crippen molar-refractivity contribution in [3.8, 4) is 0 Å². The van der Waals surface area contributed by atoms with Gasteiger partial charge in [-0.25, -0.2) is 18.2 Å². The number of carbonyl (C=O) groups is 1. The third-order valence-corrected chi connectivity index (χ3v) is 3.70. The molecule has 2 N–H and O–H groups in total. The highest BCUT2D eigenvalue weighted by Crippen LogP contribution is 2.11. The van der Waals surface area contributed by atoms with Crippen molar-refractivity contribution in [1.29, 1.82) is 0 Å². The fourth-order valence-electron chi connectivity index (χ4n) is 1.57. The number of sulfonamides is 1. The number of anilines is 1. The minimum absolute atomic E-state index is 0.00370. The molecule has 0 aliphatic carbocycles. The summed E-state index contributed by atoms with van der Waals surface area (Å²) in [5.41, 5.74) is 0.651. The van der Waals surface area contributed by atoms with Crippen molar-refractivity contribution in [1.82, 2.24) is 4.98 Å². The van der Waals surface area contributed by atoms with Crippen LogP contribution in [0.4, 0.5) is 5.82 Å². The fraction of sp³-hybridized carbons (Fsp3) is 0.0769. The van der Waals surface area contributed by atoms with Crippen molar-refractivity contribution >= 4 is 21.8 Å². The number of pyridine rings is 1. The molecule has 0 saturated carbocycles. The van der Waals surface area contributed by atoms with Gasteiger partial charge in [-0.1, -0.05) is 30.3 Å². The topological polar surface area (TPSA) is 96.4 Å². The molecule has 0 unspecified atom stereocenters. The van der Waals surface area contributed by atoms with E-state index in [0.717, 1.165) is 6.20 Å². The second-order valence-corrected chi connectivity index (χ2v) is 5.81. The number of hydrogen-bond acceptors (Lipinski definition) is 4. The molecule has 20 heavy (non-hydrogen) atoms. The van der Waals surface area contributed by atoms with Crippen molar-refractivity contribution in [2.45, 2.75) is 5.75 Å². The standard InChI is InChI=1S/C13H12N2O4S/c16-13(17)11-6-7-12(14-8-11)15-20(18,19)9-10-4-2-1-3-5-10/h1-8H,9H2,(H,14,15)(H,16,17). The normalized spacial score (nSPS) is 11.0. The monoisotopic (exact) mass is 292 g/mol. The van der Waals surface area contributed by atoms with Gasteiger partial charge in [-0.15, -0.1) is 0 Å². The molecule has 6 nitrogen and oxygen atoms in total. The smallest absolute Gasteiger partial charge is 0.337 e. The maximum absolute atomic E-state index is 11.9. The van der Waals surface area contributed by atoms with Gasteiger partial charge in [-0.3, -0.25) is 4.72 Å². The number of nitrogens with one attached hydrogen (secondary N) is 1. The molecule has 0 fully saturated rings. The van der Waals surface area contributed by atoms with Crippen molar-refractivity contribution in [2.75, 3.05) is 4.72 Å². The van der Waals surface area contributed by atoms with Gasteiger partial charge in [0.05, 0.1) is 11.3 Å². The maximum Gasteiger partial charge on any atom is 0.337 e. The van der Waals surface area contributed by atoms with E-state index >= 15 is 0 Å². The molecule has 0 aliphatic rings. The molecule has 0 radical (unpaired) electrons. The van der Waals surface area contributed by atoms with Crippen LogP contribution in [0.5, 0.6) is 0 Å². The summed E-state index contributed by atoms with van der Waals surface area (Å²) in [4.78, 5) is 14.4. The summed E-state index contributed by atoms with van der Waals surface area (Å²) in [5, 5.41) is 8.72. The highest BCUT2D eigenvalue weighted by atomic mass is 32.2. The Kier molecular flexibility index (Phi) is 3.99. The van der Waals surface area contributed by atoms with Crippen LogP contribution in [0, 0.1) is 0 Å². The van der Waals surface area contributed by atoms with Crippen LogP contribution < -0.4 is 4.72 Å². The number of rotatable bonds is 5. The van der Waals surface area contributed by atoms with Gasteiger partial charge in [0.25, 0.3) is 0 Å². The summed E-state index contributed by atoms with van der Waals surface area (Å²) in [5.74, 6) is -1.20. The molecular formula is C13H12N2O4S. The number of carboxylic acids is 1. The van der Waals surface area contributed by atoms with E-state index < -0.39 is 16.0 Å². The highest BCUT2D eigenvalue weighted by molar-refractivity contribution is 7.91. The van der Waals surface area contributed by atoms with Gasteiger partial charge >= 0.3 is 5.97 Å². The molecule has 7 heteroatoms. The van der Waals surface area contributed by atoms with Crippen LogP contribution in [0.15, 0.2) is 48.7 Å². The zero-order valence-corrected chi connectivity index (χ0v) is 11.2. The lowest BCUT2D eigenvalue weighted by Crippen LogP contribution is -2.16. The van der Waals surface area contributed by atoms with E-state index in [1.165, 1.54) is 12.1 Å². The maximum atomic E-state index is 11.9. The van der Waals surface area contributed by atoms with E-state index in [1.807, 2.05) is 0 Å². The summed E-state index contributed by atoms with van der Waals surface area (Å²) < 4.78 is 26.1. The first-order chi connectivity index (χ1) is 9.46. The summed E-state index contributed by atoms with van der Waals surface area (Å²) in [6.07, 6.45) is 1.10. The summed E-state index contributed by atoms with van der Waals surface area (Å²) >= 11 is 0. The van der Waals surface area contributed by atoms with Crippen LogP contribution in [-0.2, 0) is 15.8 Å². The van der Waals surface area contributed by atoms with Crippen LogP contribution in [0.1, 0.15) is 15.9 Å². The van der Waals surface area contributed by atoms with E-state index in [-0.39, 0.29) is 17.1 Å². The number of aromatic carboxylic acids is 1. The van der Waals surface area contributed by atoms with Gasteiger partial charge in [0.15, 0.2) is 0 Å². The lowest BCUT2D eigenvalue weighted by atomic mass is 10.2. The first-order valence-corrected chi connectivity index (χ1v) is 7.35. The molecule has 1 aromatic carbocycles. The van der Waals surface area contributed by atoms with E-state index in [0.29, 0.717) is 5.56 Å². The summed E-state index contributed by atoms with van der Waals surface area (Å²) in [6, 6.07) is 11.3. The summed E-state index contributed by atoms with van der Waals surface area (Å²) in [6.45, 7) is 0. The van der Waals surface area contributed by atoms with Gasteiger partial charge < -0.3 is 5.11 Å². The zero-order valence-electron chi connectivity index (χ0n) is 10.4. The lowest BCUT2D eigenvalue weighted by molar-refractivity contribution is 0.0696. The van der Waals surface area contributed by atoms with Gasteiger partial charge in [-0.05, 0) is 17.7 Å². The van der Waals surface area contributed by atoms with Crippen LogP contribution in [0.3, 0.4) is 0 Å². The first-order valence-electron chi connectivity index (χ1n) is 5.70. The molecule has 1 heterocycles. The molecular weight excluding hydrogens is 280 g/mol. The average Bonchev–Trinajstić information content (AvgIpc) is 2.39. The SMILES string of the molecule is O=C(O)c1ccc(NS(=O)(=O)Cc2ccccc2)nc1. The van der Waals surface area contributed by atoms with Crippen LogP contribution in [0.25, 0.3) is 0 Å². The largest absolute Gasteiger partial charge is 0.478 e. The Labute approximate surface area is 116 Å². The molecule has 0 aliphatic heterocycles. The highest BCUT2D eigenvalue weighted by Gasteiger charge is 2.12. The van der Waals surface area contributed by atoms with Crippen molar-refractivity contribution in [3.63, 3.8) is 0 Å². The second-order valence-electron chi connectivity index (χ2n) is 4.08. The Balaban J connectivity index is 2.10. The molecule has 0 amide bonds. The Morgan fingerprint density at radius 1 is 1.15 bits per heavy atom. The number of carboxylic acid groups (broad SMARTS) is 1. The van der Waals surface area contributed by atoms with Crippen molar-refractivity contribution in [2.24, 2.45) is 0 Å². The Hall–Kier alpha value is -2.41. The first kappa shape index (κ1) is 14.0. The molecule has 0 saturated heterocycles. The fourth-order valence-corrected chi connectivity index (χ4v) is 2.71. The predicted octanol–water partition coefficient (Wildman–Crippen LogP) is 1.72. The van der Waals surface area contributed by atoms with Crippen molar-refractivity contribution in [3.05, 3.63) is 59.8 Å². The van der Waals surface area contributed by atoms with Gasteiger partial charge in [0, 0.05) is 6.20 Å². The van der Waals surface area contributed by atoms with E-state index in [1.54, 1.807) is 30.3 Å². The van der Waals surface area contributed by atoms with Crippen LogP contribution >= 0.6 is 0 Å². The lowest BCUT2D eigenvalue weighted by Gasteiger charge is -2.07. The molecule has 0 bridgehead atoms. The molecule has 2 aromatic rings. The van der Waals surface area contributed by atoms with Gasteiger partial charge in [0.2, 0.25) is 10.0 Å². The molecule has 0 atom stereocenters. The quantitative estimate of drug-likeness (QED) is 0.874. The van der Waals surface area contributed by atoms with E-state index in [4.69, 9.17) is 5.11 Å². The minimum atomic E-state index is -3.58. The predicted molar refractivity (Wildman–Crippen MR) is 73.9 cm³/mol. The molecule has 2 rings (SSSR count). The Bertz CT molecular complexity index is 697. The molecule has 104 valence electrons. The Morgan fingerprint density at radius 3 is 2.40 bits per heavy atom. The third kappa shape index (κ3) is 3.79. The van der Waals surface area contributed by atoms with E-state index in [9.17, 15) is 13.2 Å². The number of nitrogens with zero attached hydrogens (tertiary/aromatic N) is 1. The van der Waals surface area contributed by atoms with E-state index in [2.05, 4.69) is 9.71 Å². The summed E-state index contributed by atoms with van der Waals surface area (Å²) in [7, 11) is -3.58. The van der Waals surface area contributed by atoms with Crippen molar-refractivity contribution < 1.29 is 18.3 Å². The molecule has 0 spiro atoms. The third-order valence-electron chi connectivity index (χ3n) is 2.47. The van der Waals surface area contributed by atoms with Gasteiger partial charge in [0.1, 0.15) is 5.82 Å². The number of aromatic nitrogens is 1. The second kappa shape index (κ2) is 5.70. The zero-order chi connectivity index (χ0) is 14.6. The minimum Gasteiger partial charge on any atom is -0.478 e. The van der Waals surface area contributed by atoms with Crippen LogP contribution in [0.2, 0.25) is 0 Å². The Morgan fingerprint density at radius 2 is 1.85 bits per heavy atom. The number of benzene rings is 1. The van der Waals surface area contributed by atoms with Gasteiger partial charge in [-0.2, -0.15) is 0 Å².